The van der Waals surface area contributed by atoms with Gasteiger partial charge in [-0.1, -0.05) is 13.3 Å². The average Bonchev–Trinajstić information content (AvgIpc) is 2.21. The first kappa shape index (κ1) is 12.0. The van der Waals surface area contributed by atoms with Crippen LogP contribution in [0.1, 0.15) is 39.0 Å². The molecule has 2 rings (SSSR count). The molecule has 2 saturated heterocycles. The molecule has 0 aromatic rings. The molecule has 1 unspecified atom stereocenters. The van der Waals surface area contributed by atoms with Crippen molar-refractivity contribution >= 4 is 0 Å². The maximum absolute atomic E-state index is 5.18. The SMILES string of the molecule is CC1CCCOC1.CN1CCCCC1. The van der Waals surface area contributed by atoms with Gasteiger partial charge in [0, 0.05) is 13.2 Å². The predicted octanol–water partition coefficient (Wildman–Crippen LogP) is 2.54. The van der Waals surface area contributed by atoms with Gasteiger partial charge in [0.15, 0.2) is 0 Å². The van der Waals surface area contributed by atoms with Crippen LogP contribution in [0.5, 0.6) is 0 Å². The highest BCUT2D eigenvalue weighted by Crippen LogP contribution is 2.10. The van der Waals surface area contributed by atoms with Crippen molar-refractivity contribution in [3.63, 3.8) is 0 Å². The van der Waals surface area contributed by atoms with Crippen LogP contribution < -0.4 is 0 Å². The van der Waals surface area contributed by atoms with Crippen molar-refractivity contribution < 1.29 is 4.74 Å². The van der Waals surface area contributed by atoms with Gasteiger partial charge in [0.25, 0.3) is 0 Å². The van der Waals surface area contributed by atoms with Crippen LogP contribution in [0.4, 0.5) is 0 Å². The minimum absolute atomic E-state index is 0.814. The van der Waals surface area contributed by atoms with Gasteiger partial charge in [0.1, 0.15) is 0 Å². The Bertz CT molecular complexity index is 110. The van der Waals surface area contributed by atoms with Gasteiger partial charge in [-0.3, -0.25) is 0 Å². The summed E-state index contributed by atoms with van der Waals surface area (Å²) in [6.45, 7) is 6.85. The molecular weight excluding hydrogens is 174 g/mol. The summed E-state index contributed by atoms with van der Waals surface area (Å²) >= 11 is 0. The maximum atomic E-state index is 5.18. The summed E-state index contributed by atoms with van der Waals surface area (Å²) in [6.07, 6.45) is 6.90. The summed E-state index contributed by atoms with van der Waals surface area (Å²) < 4.78 is 5.18. The molecule has 84 valence electrons. The van der Waals surface area contributed by atoms with Crippen LogP contribution in [0.2, 0.25) is 0 Å². The molecule has 0 aliphatic carbocycles. The topological polar surface area (TPSA) is 12.5 Å². The second kappa shape index (κ2) is 7.24. The predicted molar refractivity (Wildman–Crippen MR) is 60.6 cm³/mol. The molecule has 0 N–H and O–H groups in total. The second-order valence-electron chi connectivity index (χ2n) is 4.69. The molecule has 0 spiro atoms. The van der Waals surface area contributed by atoms with E-state index < -0.39 is 0 Å². The van der Waals surface area contributed by atoms with Crippen LogP contribution in [0.3, 0.4) is 0 Å². The van der Waals surface area contributed by atoms with Gasteiger partial charge in [-0.15, -0.1) is 0 Å². The van der Waals surface area contributed by atoms with E-state index in [1.807, 2.05) is 0 Å². The van der Waals surface area contributed by atoms with E-state index in [-0.39, 0.29) is 0 Å². The molecule has 2 nitrogen and oxygen atoms in total. The first-order chi connectivity index (χ1) is 6.79. The van der Waals surface area contributed by atoms with Crippen LogP contribution in [-0.2, 0) is 4.74 Å². The first-order valence-corrected chi connectivity index (χ1v) is 6.05. The fourth-order valence-corrected chi connectivity index (χ4v) is 1.95. The smallest absolute Gasteiger partial charge is 0.0491 e. The van der Waals surface area contributed by atoms with Crippen LogP contribution in [-0.4, -0.2) is 38.3 Å². The average molecular weight is 199 g/mol. The van der Waals surface area contributed by atoms with E-state index in [9.17, 15) is 0 Å². The Morgan fingerprint density at radius 3 is 2.07 bits per heavy atom. The third kappa shape index (κ3) is 5.61. The minimum atomic E-state index is 0.814. The normalized spacial score (nSPS) is 29.1. The zero-order valence-electron chi connectivity index (χ0n) is 9.80. The van der Waals surface area contributed by atoms with Crippen molar-refractivity contribution in [1.29, 1.82) is 0 Å². The van der Waals surface area contributed by atoms with Crippen molar-refractivity contribution in [3.8, 4) is 0 Å². The number of likely N-dealkylation sites (tertiary alicyclic amines) is 1. The molecule has 0 saturated carbocycles. The molecule has 0 bridgehead atoms. The van der Waals surface area contributed by atoms with Gasteiger partial charge in [-0.25, -0.2) is 0 Å². The molecule has 2 aliphatic rings. The van der Waals surface area contributed by atoms with E-state index in [0.717, 1.165) is 19.1 Å². The molecule has 2 fully saturated rings. The lowest BCUT2D eigenvalue weighted by atomic mass is 10.1. The largest absolute Gasteiger partial charge is 0.381 e. The molecule has 1 atom stereocenters. The van der Waals surface area contributed by atoms with E-state index in [0.29, 0.717) is 0 Å². The van der Waals surface area contributed by atoms with Crippen LogP contribution in [0, 0.1) is 5.92 Å². The van der Waals surface area contributed by atoms with Crippen LogP contribution >= 0.6 is 0 Å². The van der Waals surface area contributed by atoms with Gasteiger partial charge in [0.05, 0.1) is 0 Å². The van der Waals surface area contributed by atoms with E-state index in [4.69, 9.17) is 4.74 Å². The number of piperidine rings is 1. The van der Waals surface area contributed by atoms with Gasteiger partial charge in [0.2, 0.25) is 0 Å². The van der Waals surface area contributed by atoms with Gasteiger partial charge in [-0.05, 0) is 51.7 Å². The fraction of sp³-hybridized carbons (Fsp3) is 1.00. The molecule has 2 heterocycles. The molecule has 0 amide bonds. The standard InChI is InChI=1S/C6H13N.C6H12O/c1-7-5-3-2-4-6-7;1-6-3-2-4-7-5-6/h2-6H2,1H3;6H,2-5H2,1H3. The van der Waals surface area contributed by atoms with E-state index in [1.54, 1.807) is 0 Å². The summed E-state index contributed by atoms with van der Waals surface area (Å²) in [5.41, 5.74) is 0. The number of hydrogen-bond acceptors (Lipinski definition) is 2. The monoisotopic (exact) mass is 199 g/mol. The second-order valence-corrected chi connectivity index (χ2v) is 4.69. The fourth-order valence-electron chi connectivity index (χ4n) is 1.95. The summed E-state index contributed by atoms with van der Waals surface area (Å²) in [5, 5.41) is 0. The Kier molecular flexibility index (Phi) is 6.20. The maximum Gasteiger partial charge on any atom is 0.0491 e. The quantitative estimate of drug-likeness (QED) is 0.594. The van der Waals surface area contributed by atoms with Gasteiger partial charge < -0.3 is 9.64 Å². The third-order valence-electron chi connectivity index (χ3n) is 2.97. The summed E-state index contributed by atoms with van der Waals surface area (Å²) in [4.78, 5) is 2.39. The molecule has 14 heavy (non-hydrogen) atoms. The summed E-state index contributed by atoms with van der Waals surface area (Å²) in [7, 11) is 2.19. The molecule has 2 aliphatic heterocycles. The van der Waals surface area contributed by atoms with Gasteiger partial charge in [-0.2, -0.15) is 0 Å². The van der Waals surface area contributed by atoms with Crippen molar-refractivity contribution in [1.82, 2.24) is 4.90 Å². The number of hydrogen-bond donors (Lipinski definition) is 0. The number of ether oxygens (including phenoxy) is 1. The minimum Gasteiger partial charge on any atom is -0.381 e. The Morgan fingerprint density at radius 2 is 1.79 bits per heavy atom. The zero-order chi connectivity index (χ0) is 10.2. The molecule has 0 radical (unpaired) electrons. The third-order valence-corrected chi connectivity index (χ3v) is 2.97. The first-order valence-electron chi connectivity index (χ1n) is 6.05. The lowest BCUT2D eigenvalue weighted by Crippen LogP contribution is -2.24. The van der Waals surface area contributed by atoms with Gasteiger partial charge >= 0.3 is 0 Å². The lowest BCUT2D eigenvalue weighted by molar-refractivity contribution is 0.0616. The van der Waals surface area contributed by atoms with E-state index in [1.165, 1.54) is 45.2 Å². The molecular formula is C12H25NO. The van der Waals surface area contributed by atoms with E-state index >= 15 is 0 Å². The van der Waals surface area contributed by atoms with Crippen molar-refractivity contribution in [2.24, 2.45) is 5.92 Å². The lowest BCUT2D eigenvalue weighted by Gasteiger charge is -2.20. The van der Waals surface area contributed by atoms with Crippen LogP contribution in [0.15, 0.2) is 0 Å². The molecule has 2 heteroatoms. The van der Waals surface area contributed by atoms with E-state index in [2.05, 4.69) is 18.9 Å². The highest BCUT2D eigenvalue weighted by molar-refractivity contribution is 4.58. The Balaban J connectivity index is 0.000000140. The van der Waals surface area contributed by atoms with Crippen molar-refractivity contribution in [3.05, 3.63) is 0 Å². The molecule has 0 aromatic heterocycles. The highest BCUT2D eigenvalue weighted by atomic mass is 16.5. The Morgan fingerprint density at radius 1 is 1.07 bits per heavy atom. The zero-order valence-corrected chi connectivity index (χ0v) is 9.80. The van der Waals surface area contributed by atoms with Crippen molar-refractivity contribution in [2.75, 3.05) is 33.4 Å². The molecule has 0 aromatic carbocycles. The Hall–Kier alpha value is -0.0800. The van der Waals surface area contributed by atoms with Crippen LogP contribution in [0.25, 0.3) is 0 Å². The summed E-state index contributed by atoms with van der Waals surface area (Å²) in [5.74, 6) is 0.814. The number of rotatable bonds is 0. The summed E-state index contributed by atoms with van der Waals surface area (Å²) in [6, 6.07) is 0. The highest BCUT2D eigenvalue weighted by Gasteiger charge is 2.06. The van der Waals surface area contributed by atoms with Crippen molar-refractivity contribution in [2.45, 2.75) is 39.0 Å². The number of nitrogens with zero attached hydrogens (tertiary/aromatic N) is 1. The Labute approximate surface area is 88.6 Å².